The molecule has 0 spiro atoms. The van der Waals surface area contributed by atoms with Crippen LogP contribution in [0.2, 0.25) is 0 Å². The summed E-state index contributed by atoms with van der Waals surface area (Å²) in [5.41, 5.74) is 0.0509. The Morgan fingerprint density at radius 1 is 1.42 bits per heavy atom. The van der Waals surface area contributed by atoms with Crippen LogP contribution in [0, 0.1) is 11.8 Å². The zero-order valence-electron chi connectivity index (χ0n) is 7.90. The minimum Gasteiger partial charge on any atom is -0.312 e. The molecule has 0 aromatic rings. The van der Waals surface area contributed by atoms with Crippen molar-refractivity contribution in [2.75, 3.05) is 6.54 Å². The van der Waals surface area contributed by atoms with E-state index in [0.29, 0.717) is 6.42 Å². The topological polar surface area (TPSA) is 12.0 Å². The Kier molecular flexibility index (Phi) is 2.71. The first-order chi connectivity index (χ1) is 5.40. The van der Waals surface area contributed by atoms with E-state index in [1.54, 1.807) is 0 Å². The molecule has 0 aliphatic heterocycles. The summed E-state index contributed by atoms with van der Waals surface area (Å²) in [4.78, 5) is 0. The minimum atomic E-state index is -2.11. The third-order valence-corrected chi connectivity index (χ3v) is 2.20. The van der Waals surface area contributed by atoms with Gasteiger partial charge in [-0.3, -0.25) is 0 Å². The predicted molar refractivity (Wildman–Crippen MR) is 45.4 cm³/mol. The van der Waals surface area contributed by atoms with Crippen LogP contribution in [-0.2, 0) is 0 Å². The lowest BCUT2D eigenvalue weighted by molar-refractivity contribution is 0.115. The van der Waals surface area contributed by atoms with Gasteiger partial charge in [-0.15, -0.1) is 0 Å². The minimum absolute atomic E-state index is 0.0509. The molecule has 1 fully saturated rings. The second-order valence-electron chi connectivity index (χ2n) is 4.62. The van der Waals surface area contributed by atoms with Crippen molar-refractivity contribution in [2.24, 2.45) is 11.8 Å². The molecule has 1 saturated carbocycles. The first-order valence-corrected chi connectivity index (χ1v) is 4.43. The summed E-state index contributed by atoms with van der Waals surface area (Å²) in [7, 11) is 0. The third-order valence-electron chi connectivity index (χ3n) is 2.20. The standard InChI is InChI=1S/C9H17F2N/c1-9(2,3)12-5-6-4-7(6)8(10)11/h6-8,12H,4-5H2,1-3H3. The normalized spacial score (nSPS) is 29.5. The summed E-state index contributed by atoms with van der Waals surface area (Å²) in [6, 6.07) is 0. The fourth-order valence-electron chi connectivity index (χ4n) is 1.25. The van der Waals surface area contributed by atoms with Crippen molar-refractivity contribution in [2.45, 2.75) is 39.2 Å². The van der Waals surface area contributed by atoms with E-state index in [1.807, 2.05) is 20.8 Å². The van der Waals surface area contributed by atoms with E-state index in [9.17, 15) is 8.78 Å². The second-order valence-corrected chi connectivity index (χ2v) is 4.62. The van der Waals surface area contributed by atoms with Crippen LogP contribution in [0.25, 0.3) is 0 Å². The number of hydrogen-bond donors (Lipinski definition) is 1. The van der Waals surface area contributed by atoms with Crippen LogP contribution in [-0.4, -0.2) is 18.5 Å². The molecule has 2 atom stereocenters. The Labute approximate surface area is 72.5 Å². The van der Waals surface area contributed by atoms with Crippen molar-refractivity contribution in [1.82, 2.24) is 5.32 Å². The summed E-state index contributed by atoms with van der Waals surface area (Å²) >= 11 is 0. The highest BCUT2D eigenvalue weighted by atomic mass is 19.3. The van der Waals surface area contributed by atoms with E-state index in [-0.39, 0.29) is 17.4 Å². The largest absolute Gasteiger partial charge is 0.312 e. The molecular weight excluding hydrogens is 160 g/mol. The molecule has 0 bridgehead atoms. The molecule has 0 aromatic heterocycles. The van der Waals surface area contributed by atoms with Gasteiger partial charge in [-0.05, 0) is 39.7 Å². The fourth-order valence-corrected chi connectivity index (χ4v) is 1.25. The molecule has 1 N–H and O–H groups in total. The van der Waals surface area contributed by atoms with Crippen molar-refractivity contribution in [1.29, 1.82) is 0 Å². The van der Waals surface area contributed by atoms with Gasteiger partial charge in [0.05, 0.1) is 0 Å². The quantitative estimate of drug-likeness (QED) is 0.697. The molecule has 1 nitrogen and oxygen atoms in total. The molecule has 2 unspecified atom stereocenters. The molecule has 0 amide bonds. The van der Waals surface area contributed by atoms with E-state index in [1.165, 1.54) is 0 Å². The van der Waals surface area contributed by atoms with E-state index in [2.05, 4.69) is 5.32 Å². The average molecular weight is 177 g/mol. The molecular formula is C9H17F2N. The number of nitrogens with one attached hydrogen (secondary N) is 1. The lowest BCUT2D eigenvalue weighted by Crippen LogP contribution is -2.37. The average Bonchev–Trinajstić information content (AvgIpc) is 2.59. The molecule has 12 heavy (non-hydrogen) atoms. The number of halogens is 2. The Bertz CT molecular complexity index is 151. The highest BCUT2D eigenvalue weighted by molar-refractivity contribution is 4.90. The monoisotopic (exact) mass is 177 g/mol. The molecule has 0 saturated heterocycles. The number of alkyl halides is 2. The first kappa shape index (κ1) is 9.90. The summed E-state index contributed by atoms with van der Waals surface area (Å²) in [5, 5.41) is 3.24. The predicted octanol–water partition coefficient (Wildman–Crippen LogP) is 2.28. The molecule has 3 heteroatoms. The van der Waals surface area contributed by atoms with Crippen molar-refractivity contribution < 1.29 is 8.78 Å². The van der Waals surface area contributed by atoms with E-state index in [0.717, 1.165) is 6.54 Å². The maximum atomic E-state index is 12.1. The summed E-state index contributed by atoms with van der Waals surface area (Å²) < 4.78 is 24.1. The SMILES string of the molecule is CC(C)(C)NCC1CC1C(F)F. The molecule has 1 rings (SSSR count). The van der Waals surface area contributed by atoms with E-state index < -0.39 is 6.43 Å². The van der Waals surface area contributed by atoms with Crippen LogP contribution >= 0.6 is 0 Å². The fraction of sp³-hybridized carbons (Fsp3) is 1.00. The van der Waals surface area contributed by atoms with Crippen LogP contribution < -0.4 is 5.32 Å². The van der Waals surface area contributed by atoms with Crippen LogP contribution in [0.5, 0.6) is 0 Å². The van der Waals surface area contributed by atoms with Crippen molar-refractivity contribution in [3.05, 3.63) is 0 Å². The molecule has 0 heterocycles. The Hall–Kier alpha value is -0.180. The smallest absolute Gasteiger partial charge is 0.241 e. The number of hydrogen-bond acceptors (Lipinski definition) is 1. The van der Waals surface area contributed by atoms with Gasteiger partial charge in [0.25, 0.3) is 0 Å². The first-order valence-electron chi connectivity index (χ1n) is 4.43. The summed E-state index contributed by atoms with van der Waals surface area (Å²) in [5.74, 6) is -0.121. The van der Waals surface area contributed by atoms with Gasteiger partial charge in [0.15, 0.2) is 0 Å². The second kappa shape index (κ2) is 3.29. The molecule has 1 aliphatic carbocycles. The van der Waals surface area contributed by atoms with Crippen molar-refractivity contribution >= 4 is 0 Å². The summed E-state index contributed by atoms with van der Waals surface area (Å²) in [6.45, 7) is 6.88. The van der Waals surface area contributed by atoms with Crippen LogP contribution in [0.1, 0.15) is 27.2 Å². The van der Waals surface area contributed by atoms with Gasteiger partial charge < -0.3 is 5.32 Å². The Balaban J connectivity index is 2.12. The number of rotatable bonds is 3. The van der Waals surface area contributed by atoms with Gasteiger partial charge in [-0.2, -0.15) is 0 Å². The van der Waals surface area contributed by atoms with Gasteiger partial charge in [0.1, 0.15) is 0 Å². The Morgan fingerprint density at radius 2 is 2.00 bits per heavy atom. The van der Waals surface area contributed by atoms with E-state index in [4.69, 9.17) is 0 Å². The maximum absolute atomic E-state index is 12.1. The molecule has 72 valence electrons. The van der Waals surface area contributed by atoms with Gasteiger partial charge in [-0.25, -0.2) is 8.78 Å². The van der Waals surface area contributed by atoms with Crippen LogP contribution in [0.15, 0.2) is 0 Å². The molecule has 0 radical (unpaired) electrons. The van der Waals surface area contributed by atoms with Gasteiger partial charge >= 0.3 is 0 Å². The van der Waals surface area contributed by atoms with Crippen LogP contribution in [0.3, 0.4) is 0 Å². The highest BCUT2D eigenvalue weighted by Gasteiger charge is 2.43. The van der Waals surface area contributed by atoms with Crippen molar-refractivity contribution in [3.8, 4) is 0 Å². The highest BCUT2D eigenvalue weighted by Crippen LogP contribution is 2.42. The lowest BCUT2D eigenvalue weighted by Gasteiger charge is -2.20. The zero-order valence-corrected chi connectivity index (χ0v) is 7.90. The zero-order chi connectivity index (χ0) is 9.35. The molecule has 1 aliphatic rings. The van der Waals surface area contributed by atoms with Crippen molar-refractivity contribution in [3.63, 3.8) is 0 Å². The maximum Gasteiger partial charge on any atom is 0.241 e. The summed E-state index contributed by atoms with van der Waals surface area (Å²) in [6.07, 6.45) is -1.42. The third kappa shape index (κ3) is 3.05. The Morgan fingerprint density at radius 3 is 2.33 bits per heavy atom. The lowest BCUT2D eigenvalue weighted by atomic mass is 10.1. The van der Waals surface area contributed by atoms with Gasteiger partial charge in [-0.1, -0.05) is 0 Å². The molecule has 0 aromatic carbocycles. The van der Waals surface area contributed by atoms with Gasteiger partial charge in [0, 0.05) is 11.5 Å². The van der Waals surface area contributed by atoms with E-state index >= 15 is 0 Å². The van der Waals surface area contributed by atoms with Gasteiger partial charge in [0.2, 0.25) is 6.43 Å². The van der Waals surface area contributed by atoms with Crippen LogP contribution in [0.4, 0.5) is 8.78 Å².